The van der Waals surface area contributed by atoms with E-state index in [9.17, 15) is 4.79 Å². The van der Waals surface area contributed by atoms with E-state index < -0.39 is 0 Å². The van der Waals surface area contributed by atoms with Crippen molar-refractivity contribution in [1.82, 2.24) is 0 Å². The molecule has 0 atom stereocenters. The highest BCUT2D eigenvalue weighted by Gasteiger charge is 2.17. The molecule has 0 saturated heterocycles. The SMILES string of the molecule is CSc1ccc(Oc2cc3c(cc2N)NC(=O)CC3)cc1. The van der Waals surface area contributed by atoms with Crippen LogP contribution in [0.3, 0.4) is 0 Å². The van der Waals surface area contributed by atoms with Crippen LogP contribution in [0.4, 0.5) is 11.4 Å². The third kappa shape index (κ3) is 2.97. The van der Waals surface area contributed by atoms with E-state index in [0.29, 0.717) is 24.3 Å². The summed E-state index contributed by atoms with van der Waals surface area (Å²) >= 11 is 1.69. The zero-order valence-electron chi connectivity index (χ0n) is 11.7. The number of nitrogens with two attached hydrogens (primary N) is 1. The van der Waals surface area contributed by atoms with E-state index in [2.05, 4.69) is 5.32 Å². The summed E-state index contributed by atoms with van der Waals surface area (Å²) in [5.41, 5.74) is 8.37. The summed E-state index contributed by atoms with van der Waals surface area (Å²) in [7, 11) is 0. The number of aryl methyl sites for hydroxylation is 1. The predicted molar refractivity (Wildman–Crippen MR) is 86.1 cm³/mol. The molecule has 3 N–H and O–H groups in total. The highest BCUT2D eigenvalue weighted by atomic mass is 32.2. The molecular weight excluding hydrogens is 284 g/mol. The van der Waals surface area contributed by atoms with Gasteiger partial charge in [-0.05, 0) is 54.6 Å². The van der Waals surface area contributed by atoms with Crippen molar-refractivity contribution in [2.75, 3.05) is 17.3 Å². The van der Waals surface area contributed by atoms with Gasteiger partial charge in [-0.3, -0.25) is 4.79 Å². The molecule has 0 fully saturated rings. The van der Waals surface area contributed by atoms with E-state index in [4.69, 9.17) is 10.5 Å². The second-order valence-corrected chi connectivity index (χ2v) is 5.75. The Bertz CT molecular complexity index is 683. The van der Waals surface area contributed by atoms with Crippen LogP contribution < -0.4 is 15.8 Å². The number of thioether (sulfide) groups is 1. The number of carbonyl (C=O) groups is 1. The van der Waals surface area contributed by atoms with Crippen molar-refractivity contribution >= 4 is 29.0 Å². The molecule has 0 saturated carbocycles. The Kier molecular flexibility index (Phi) is 3.75. The van der Waals surface area contributed by atoms with Crippen molar-refractivity contribution in [3.63, 3.8) is 0 Å². The fourth-order valence-corrected chi connectivity index (χ4v) is 2.69. The fraction of sp³-hybridized carbons (Fsp3) is 0.188. The monoisotopic (exact) mass is 300 g/mol. The first-order valence-electron chi connectivity index (χ1n) is 6.70. The first kappa shape index (κ1) is 13.8. The fourth-order valence-electron chi connectivity index (χ4n) is 2.28. The summed E-state index contributed by atoms with van der Waals surface area (Å²) < 4.78 is 5.85. The van der Waals surface area contributed by atoms with Crippen LogP contribution in [0.5, 0.6) is 11.5 Å². The molecule has 4 nitrogen and oxygen atoms in total. The molecule has 3 rings (SSSR count). The van der Waals surface area contributed by atoms with Crippen LogP contribution in [0.2, 0.25) is 0 Å². The number of fused-ring (bicyclic) bond motifs is 1. The molecule has 0 spiro atoms. The van der Waals surface area contributed by atoms with Gasteiger partial charge in [0.2, 0.25) is 5.91 Å². The molecule has 21 heavy (non-hydrogen) atoms. The summed E-state index contributed by atoms with van der Waals surface area (Å²) in [6.07, 6.45) is 3.24. The van der Waals surface area contributed by atoms with Crippen molar-refractivity contribution < 1.29 is 9.53 Å². The topological polar surface area (TPSA) is 64.3 Å². The average Bonchev–Trinajstić information content (AvgIpc) is 2.49. The lowest BCUT2D eigenvalue weighted by Crippen LogP contribution is -2.19. The molecule has 108 valence electrons. The number of amides is 1. The first-order chi connectivity index (χ1) is 10.2. The van der Waals surface area contributed by atoms with Crippen molar-refractivity contribution in [1.29, 1.82) is 0 Å². The lowest BCUT2D eigenvalue weighted by molar-refractivity contribution is -0.116. The maximum absolute atomic E-state index is 11.4. The van der Waals surface area contributed by atoms with Gasteiger partial charge in [0.05, 0.1) is 5.69 Å². The second kappa shape index (κ2) is 5.69. The Hall–Kier alpha value is -2.14. The van der Waals surface area contributed by atoms with Crippen molar-refractivity contribution in [2.24, 2.45) is 0 Å². The number of nitrogen functional groups attached to an aromatic ring is 1. The van der Waals surface area contributed by atoms with E-state index in [0.717, 1.165) is 17.0 Å². The largest absolute Gasteiger partial charge is 0.455 e. The van der Waals surface area contributed by atoms with E-state index in [1.54, 1.807) is 17.8 Å². The van der Waals surface area contributed by atoms with Gasteiger partial charge < -0.3 is 15.8 Å². The molecular formula is C16H16N2O2S. The van der Waals surface area contributed by atoms with E-state index in [1.165, 1.54) is 4.90 Å². The van der Waals surface area contributed by atoms with Crippen molar-refractivity contribution in [3.05, 3.63) is 42.0 Å². The molecule has 2 aromatic carbocycles. The normalized spacial score (nSPS) is 13.5. The minimum Gasteiger partial charge on any atom is -0.455 e. The van der Waals surface area contributed by atoms with Gasteiger partial charge in [-0.25, -0.2) is 0 Å². The van der Waals surface area contributed by atoms with Crippen LogP contribution >= 0.6 is 11.8 Å². The summed E-state index contributed by atoms with van der Waals surface area (Å²) in [6, 6.07) is 11.5. The van der Waals surface area contributed by atoms with Crippen LogP contribution in [0.1, 0.15) is 12.0 Å². The number of hydrogen-bond donors (Lipinski definition) is 2. The molecule has 0 bridgehead atoms. The third-order valence-electron chi connectivity index (χ3n) is 3.42. The quantitative estimate of drug-likeness (QED) is 0.670. The Morgan fingerprint density at radius 2 is 1.95 bits per heavy atom. The third-order valence-corrected chi connectivity index (χ3v) is 4.16. The number of ether oxygens (including phenoxy) is 1. The second-order valence-electron chi connectivity index (χ2n) is 4.87. The van der Waals surface area contributed by atoms with Crippen molar-refractivity contribution in [2.45, 2.75) is 17.7 Å². The number of nitrogens with one attached hydrogen (secondary N) is 1. The predicted octanol–water partition coefficient (Wildman–Crippen LogP) is 3.67. The highest BCUT2D eigenvalue weighted by Crippen LogP contribution is 2.35. The number of benzene rings is 2. The Labute approximate surface area is 127 Å². The lowest BCUT2D eigenvalue weighted by Gasteiger charge is -2.19. The molecule has 2 aromatic rings. The summed E-state index contributed by atoms with van der Waals surface area (Å²) in [6.45, 7) is 0. The summed E-state index contributed by atoms with van der Waals surface area (Å²) in [5, 5.41) is 2.83. The Morgan fingerprint density at radius 1 is 1.19 bits per heavy atom. The molecule has 1 amide bonds. The average molecular weight is 300 g/mol. The van der Waals surface area contributed by atoms with Crippen LogP contribution in [0.25, 0.3) is 0 Å². The Morgan fingerprint density at radius 3 is 2.67 bits per heavy atom. The van der Waals surface area contributed by atoms with Crippen LogP contribution in [-0.2, 0) is 11.2 Å². The van der Waals surface area contributed by atoms with Crippen LogP contribution in [-0.4, -0.2) is 12.2 Å². The molecule has 1 heterocycles. The molecule has 0 aliphatic carbocycles. The number of rotatable bonds is 3. The lowest BCUT2D eigenvalue weighted by atomic mass is 10.0. The molecule has 0 radical (unpaired) electrons. The molecule has 1 aliphatic heterocycles. The van der Waals surface area contributed by atoms with Crippen LogP contribution in [0, 0.1) is 0 Å². The van der Waals surface area contributed by atoms with Gasteiger partial charge in [0.15, 0.2) is 5.75 Å². The van der Waals surface area contributed by atoms with E-state index in [-0.39, 0.29) is 5.91 Å². The zero-order valence-corrected chi connectivity index (χ0v) is 12.5. The van der Waals surface area contributed by atoms with Crippen molar-refractivity contribution in [3.8, 4) is 11.5 Å². The van der Waals surface area contributed by atoms with Gasteiger partial charge in [0.25, 0.3) is 0 Å². The number of anilines is 2. The van der Waals surface area contributed by atoms with Gasteiger partial charge in [-0.15, -0.1) is 11.8 Å². The standard InChI is InChI=1S/C16H16N2O2S/c1-21-12-5-3-11(4-6-12)20-15-8-10-2-7-16(19)18-14(10)9-13(15)17/h3-6,8-9H,2,7,17H2,1H3,(H,18,19). The smallest absolute Gasteiger partial charge is 0.224 e. The van der Waals surface area contributed by atoms with Gasteiger partial charge in [0, 0.05) is 17.0 Å². The Balaban J connectivity index is 1.86. The maximum atomic E-state index is 11.4. The van der Waals surface area contributed by atoms with E-state index >= 15 is 0 Å². The van der Waals surface area contributed by atoms with Gasteiger partial charge in [-0.1, -0.05) is 0 Å². The first-order valence-corrected chi connectivity index (χ1v) is 7.92. The van der Waals surface area contributed by atoms with Gasteiger partial charge in [-0.2, -0.15) is 0 Å². The number of hydrogen-bond acceptors (Lipinski definition) is 4. The maximum Gasteiger partial charge on any atom is 0.224 e. The van der Waals surface area contributed by atoms with Gasteiger partial charge in [0.1, 0.15) is 5.75 Å². The highest BCUT2D eigenvalue weighted by molar-refractivity contribution is 7.98. The molecule has 5 heteroatoms. The van der Waals surface area contributed by atoms with Crippen LogP contribution in [0.15, 0.2) is 41.3 Å². The summed E-state index contributed by atoms with van der Waals surface area (Å²) in [5.74, 6) is 1.41. The minimum atomic E-state index is 0.0308. The minimum absolute atomic E-state index is 0.0308. The van der Waals surface area contributed by atoms with Gasteiger partial charge >= 0.3 is 0 Å². The molecule has 0 aromatic heterocycles. The zero-order chi connectivity index (χ0) is 14.8. The summed E-state index contributed by atoms with van der Waals surface area (Å²) in [4.78, 5) is 12.6. The van der Waals surface area contributed by atoms with E-state index in [1.807, 2.05) is 36.6 Å². The number of carbonyl (C=O) groups excluding carboxylic acids is 1. The molecule has 0 unspecified atom stereocenters. The molecule has 1 aliphatic rings.